The number of nitrogens with zero attached hydrogens (tertiary/aromatic N) is 4. The molecule has 2 aromatic carbocycles. The summed E-state index contributed by atoms with van der Waals surface area (Å²) in [5.74, 6) is 0. The van der Waals surface area contributed by atoms with E-state index in [4.69, 9.17) is 11.6 Å². The van der Waals surface area contributed by atoms with Crippen LogP contribution in [0.15, 0.2) is 54.6 Å². The highest BCUT2D eigenvalue weighted by atomic mass is 35.5. The fraction of sp³-hybridized carbons (Fsp3) is 0. The van der Waals surface area contributed by atoms with Gasteiger partial charge in [-0.3, -0.25) is 0 Å². The van der Waals surface area contributed by atoms with E-state index in [1.165, 1.54) is 0 Å². The van der Waals surface area contributed by atoms with Crippen LogP contribution < -0.4 is 0 Å². The second-order valence-corrected chi connectivity index (χ2v) is 5.00. The van der Waals surface area contributed by atoms with Gasteiger partial charge in [-0.25, -0.2) is 4.68 Å². The van der Waals surface area contributed by atoms with Gasteiger partial charge in [0.2, 0.25) is 0 Å². The highest BCUT2D eigenvalue weighted by Gasteiger charge is 2.11. The SMILES string of the molecule is N#Cc1nnn(-c2ccc(Cl)cc2)c1/C=C/c1ccccc1. The summed E-state index contributed by atoms with van der Waals surface area (Å²) in [7, 11) is 0. The Bertz CT molecular complexity index is 843. The van der Waals surface area contributed by atoms with Crippen molar-refractivity contribution in [1.82, 2.24) is 15.0 Å². The van der Waals surface area contributed by atoms with Crippen LogP contribution in [0.2, 0.25) is 5.02 Å². The summed E-state index contributed by atoms with van der Waals surface area (Å²) < 4.78 is 1.62. The molecule has 1 aromatic heterocycles. The number of benzene rings is 2. The zero-order valence-electron chi connectivity index (χ0n) is 11.5. The maximum absolute atomic E-state index is 9.20. The predicted molar refractivity (Wildman–Crippen MR) is 86.5 cm³/mol. The molecule has 0 bridgehead atoms. The van der Waals surface area contributed by atoms with E-state index >= 15 is 0 Å². The quantitative estimate of drug-likeness (QED) is 0.736. The molecule has 5 heteroatoms. The van der Waals surface area contributed by atoms with Crippen molar-refractivity contribution >= 4 is 23.8 Å². The molecule has 0 aliphatic rings. The lowest BCUT2D eigenvalue weighted by Crippen LogP contribution is -1.99. The molecule has 0 N–H and O–H groups in total. The molecule has 106 valence electrons. The Morgan fingerprint density at radius 1 is 1.00 bits per heavy atom. The third-order valence-corrected chi connectivity index (χ3v) is 3.37. The van der Waals surface area contributed by atoms with Gasteiger partial charge < -0.3 is 0 Å². The lowest BCUT2D eigenvalue weighted by molar-refractivity contribution is 0.797. The molecule has 1 heterocycles. The van der Waals surface area contributed by atoms with Gasteiger partial charge in [-0.1, -0.05) is 53.2 Å². The lowest BCUT2D eigenvalue weighted by atomic mass is 10.2. The van der Waals surface area contributed by atoms with E-state index in [1.807, 2.05) is 54.6 Å². The van der Waals surface area contributed by atoms with Crippen LogP contribution in [-0.2, 0) is 0 Å². The van der Waals surface area contributed by atoms with Gasteiger partial charge in [-0.15, -0.1) is 5.10 Å². The van der Waals surface area contributed by atoms with Crippen molar-refractivity contribution in [3.63, 3.8) is 0 Å². The molecule has 3 rings (SSSR count). The second-order valence-electron chi connectivity index (χ2n) is 4.57. The molecule has 3 aromatic rings. The van der Waals surface area contributed by atoms with Crippen molar-refractivity contribution in [3.05, 3.63) is 76.6 Å². The minimum absolute atomic E-state index is 0.280. The molecular formula is C17H11ClN4. The average Bonchev–Trinajstić information content (AvgIpc) is 2.97. The largest absolute Gasteiger partial charge is 0.212 e. The first-order valence-corrected chi connectivity index (χ1v) is 7.00. The van der Waals surface area contributed by atoms with E-state index in [9.17, 15) is 5.26 Å². The van der Waals surface area contributed by atoms with E-state index in [0.29, 0.717) is 10.7 Å². The van der Waals surface area contributed by atoms with Crippen molar-refractivity contribution in [1.29, 1.82) is 5.26 Å². The Labute approximate surface area is 132 Å². The Morgan fingerprint density at radius 2 is 1.73 bits per heavy atom. The van der Waals surface area contributed by atoms with Gasteiger partial charge in [0.05, 0.1) is 5.69 Å². The van der Waals surface area contributed by atoms with Crippen molar-refractivity contribution in [3.8, 4) is 11.8 Å². The third-order valence-electron chi connectivity index (χ3n) is 3.12. The molecular weight excluding hydrogens is 296 g/mol. The molecule has 0 unspecified atom stereocenters. The summed E-state index contributed by atoms with van der Waals surface area (Å²) in [5, 5.41) is 17.8. The second kappa shape index (κ2) is 6.25. The fourth-order valence-electron chi connectivity index (χ4n) is 2.03. The Kier molecular flexibility index (Phi) is 3.99. The normalized spacial score (nSPS) is 10.7. The highest BCUT2D eigenvalue weighted by Crippen LogP contribution is 2.18. The molecule has 22 heavy (non-hydrogen) atoms. The van der Waals surface area contributed by atoms with Crippen LogP contribution in [0.1, 0.15) is 17.0 Å². The van der Waals surface area contributed by atoms with Gasteiger partial charge in [0, 0.05) is 5.02 Å². The number of hydrogen-bond acceptors (Lipinski definition) is 3. The monoisotopic (exact) mass is 306 g/mol. The summed E-state index contributed by atoms with van der Waals surface area (Å²) in [6, 6.07) is 19.1. The molecule has 0 radical (unpaired) electrons. The van der Waals surface area contributed by atoms with Crippen LogP contribution in [-0.4, -0.2) is 15.0 Å². The van der Waals surface area contributed by atoms with Crippen LogP contribution >= 0.6 is 11.6 Å². The molecule has 4 nitrogen and oxygen atoms in total. The van der Waals surface area contributed by atoms with Crippen molar-refractivity contribution < 1.29 is 0 Å². The summed E-state index contributed by atoms with van der Waals surface area (Å²) in [4.78, 5) is 0. The molecule has 0 amide bonds. The van der Waals surface area contributed by atoms with Gasteiger partial charge in [0.15, 0.2) is 5.69 Å². The zero-order chi connectivity index (χ0) is 15.4. The number of nitriles is 1. The number of aromatic nitrogens is 3. The fourth-order valence-corrected chi connectivity index (χ4v) is 2.16. The van der Waals surface area contributed by atoms with E-state index in [2.05, 4.69) is 16.4 Å². The topological polar surface area (TPSA) is 54.5 Å². The van der Waals surface area contributed by atoms with Gasteiger partial charge >= 0.3 is 0 Å². The van der Waals surface area contributed by atoms with Gasteiger partial charge in [-0.05, 0) is 35.9 Å². The Balaban J connectivity index is 2.03. The molecule has 0 spiro atoms. The third kappa shape index (κ3) is 2.90. The molecule has 0 aliphatic heterocycles. The van der Waals surface area contributed by atoms with Crippen molar-refractivity contribution in [2.75, 3.05) is 0 Å². The summed E-state index contributed by atoms with van der Waals surface area (Å²) in [5.41, 5.74) is 2.75. The first-order chi connectivity index (χ1) is 10.8. The summed E-state index contributed by atoms with van der Waals surface area (Å²) in [6.07, 6.45) is 3.76. The van der Waals surface area contributed by atoms with Gasteiger partial charge in [0.25, 0.3) is 0 Å². The van der Waals surface area contributed by atoms with E-state index in [1.54, 1.807) is 16.8 Å². The van der Waals surface area contributed by atoms with Crippen LogP contribution in [0.25, 0.3) is 17.8 Å². The molecule has 0 saturated heterocycles. The minimum Gasteiger partial charge on any atom is -0.212 e. The molecule has 0 atom stereocenters. The predicted octanol–water partition coefficient (Wildman–Crippen LogP) is 3.96. The maximum Gasteiger partial charge on any atom is 0.190 e. The van der Waals surface area contributed by atoms with Crippen molar-refractivity contribution in [2.24, 2.45) is 0 Å². The first-order valence-electron chi connectivity index (χ1n) is 6.63. The first kappa shape index (κ1) is 14.1. The van der Waals surface area contributed by atoms with Crippen molar-refractivity contribution in [2.45, 2.75) is 0 Å². The molecule has 0 saturated carbocycles. The average molecular weight is 307 g/mol. The maximum atomic E-state index is 9.20. The van der Waals surface area contributed by atoms with Crippen LogP contribution in [0.5, 0.6) is 0 Å². The number of hydrogen-bond donors (Lipinski definition) is 0. The van der Waals surface area contributed by atoms with E-state index < -0.39 is 0 Å². The number of rotatable bonds is 3. The standard InChI is InChI=1S/C17H11ClN4/c18-14-7-9-15(10-8-14)22-17(16(12-19)20-21-22)11-6-13-4-2-1-3-5-13/h1-11H/b11-6+. The summed E-state index contributed by atoms with van der Waals surface area (Å²) >= 11 is 5.90. The smallest absolute Gasteiger partial charge is 0.190 e. The Hall–Kier alpha value is -2.90. The van der Waals surface area contributed by atoms with Gasteiger partial charge in [0.1, 0.15) is 11.8 Å². The van der Waals surface area contributed by atoms with Crippen LogP contribution in [0.3, 0.4) is 0 Å². The summed E-state index contributed by atoms with van der Waals surface area (Å²) in [6.45, 7) is 0. The van der Waals surface area contributed by atoms with E-state index in [0.717, 1.165) is 11.3 Å². The van der Waals surface area contributed by atoms with Gasteiger partial charge in [-0.2, -0.15) is 5.26 Å². The molecule has 0 aliphatic carbocycles. The lowest BCUT2D eigenvalue weighted by Gasteiger charge is -2.03. The zero-order valence-corrected chi connectivity index (χ0v) is 12.3. The van der Waals surface area contributed by atoms with E-state index in [-0.39, 0.29) is 5.69 Å². The highest BCUT2D eigenvalue weighted by molar-refractivity contribution is 6.30. The van der Waals surface area contributed by atoms with Crippen LogP contribution in [0, 0.1) is 11.3 Å². The minimum atomic E-state index is 0.280. The van der Waals surface area contributed by atoms with Crippen LogP contribution in [0.4, 0.5) is 0 Å². The molecule has 0 fully saturated rings. The Morgan fingerprint density at radius 3 is 2.41 bits per heavy atom. The number of halogens is 1.